The Balaban J connectivity index is 1.87. The Bertz CT molecular complexity index is 1260. The standard InChI is InChI=1S/C23H21ClFN3O3S/c1-16-6-9-21(12-17(16)2)28(32(30,31)22-10-7-19(24)8-11-22)15-23(29)27-26-14-18-4-3-5-20(25)13-18/h3-14H,15H2,1-2H3,(H,27,29)/b26-14-. The maximum Gasteiger partial charge on any atom is 0.264 e. The molecule has 0 saturated carbocycles. The van der Waals surface area contributed by atoms with Gasteiger partial charge in [0.1, 0.15) is 12.4 Å². The molecule has 0 radical (unpaired) electrons. The van der Waals surface area contributed by atoms with Gasteiger partial charge in [-0.3, -0.25) is 9.10 Å². The summed E-state index contributed by atoms with van der Waals surface area (Å²) < 4.78 is 40.9. The average molecular weight is 474 g/mol. The predicted molar refractivity (Wildman–Crippen MR) is 124 cm³/mol. The summed E-state index contributed by atoms with van der Waals surface area (Å²) in [6, 6.07) is 16.5. The van der Waals surface area contributed by atoms with Crippen molar-refractivity contribution in [1.29, 1.82) is 0 Å². The van der Waals surface area contributed by atoms with Crippen LogP contribution in [0.1, 0.15) is 16.7 Å². The van der Waals surface area contributed by atoms with Crippen LogP contribution in [0.4, 0.5) is 10.1 Å². The number of nitrogens with zero attached hydrogens (tertiary/aromatic N) is 2. The summed E-state index contributed by atoms with van der Waals surface area (Å²) in [5, 5.41) is 4.19. The van der Waals surface area contributed by atoms with Gasteiger partial charge in [0.05, 0.1) is 16.8 Å². The molecule has 0 aliphatic heterocycles. The summed E-state index contributed by atoms with van der Waals surface area (Å²) in [7, 11) is -4.07. The van der Waals surface area contributed by atoms with E-state index in [1.165, 1.54) is 48.7 Å². The monoisotopic (exact) mass is 473 g/mol. The third-order valence-electron chi connectivity index (χ3n) is 4.72. The van der Waals surface area contributed by atoms with Gasteiger partial charge < -0.3 is 0 Å². The summed E-state index contributed by atoms with van der Waals surface area (Å²) in [6.45, 7) is 3.26. The highest BCUT2D eigenvalue weighted by Gasteiger charge is 2.27. The van der Waals surface area contributed by atoms with Crippen molar-refractivity contribution in [3.63, 3.8) is 0 Å². The molecule has 3 aromatic carbocycles. The van der Waals surface area contributed by atoms with Crippen molar-refractivity contribution in [3.05, 3.63) is 94.3 Å². The van der Waals surface area contributed by atoms with Gasteiger partial charge in [-0.1, -0.05) is 29.8 Å². The molecule has 0 spiro atoms. The van der Waals surface area contributed by atoms with Crippen molar-refractivity contribution in [2.45, 2.75) is 18.7 Å². The molecule has 0 aliphatic rings. The Morgan fingerprint density at radius 3 is 2.44 bits per heavy atom. The summed E-state index contributed by atoms with van der Waals surface area (Å²) >= 11 is 5.89. The second-order valence-corrected chi connectivity index (χ2v) is 9.38. The van der Waals surface area contributed by atoms with Gasteiger partial charge >= 0.3 is 0 Å². The number of hydrogen-bond acceptors (Lipinski definition) is 4. The van der Waals surface area contributed by atoms with E-state index in [0.29, 0.717) is 16.3 Å². The van der Waals surface area contributed by atoms with E-state index >= 15 is 0 Å². The molecule has 3 rings (SSSR count). The highest BCUT2D eigenvalue weighted by molar-refractivity contribution is 7.92. The van der Waals surface area contributed by atoms with Crippen molar-refractivity contribution in [2.24, 2.45) is 5.10 Å². The number of carbonyl (C=O) groups excluding carboxylic acids is 1. The molecular weight excluding hydrogens is 453 g/mol. The topological polar surface area (TPSA) is 78.8 Å². The number of carbonyl (C=O) groups is 1. The van der Waals surface area contributed by atoms with Gasteiger partial charge in [-0.15, -0.1) is 0 Å². The van der Waals surface area contributed by atoms with Gasteiger partial charge in [0, 0.05) is 5.02 Å². The third-order valence-corrected chi connectivity index (χ3v) is 6.76. The second-order valence-electron chi connectivity index (χ2n) is 7.08. The fraction of sp³-hybridized carbons (Fsp3) is 0.130. The van der Waals surface area contributed by atoms with Crippen LogP contribution in [0.15, 0.2) is 76.7 Å². The van der Waals surface area contributed by atoms with E-state index in [9.17, 15) is 17.6 Å². The first-order chi connectivity index (χ1) is 15.2. The number of nitrogens with one attached hydrogen (secondary N) is 1. The number of hydrogen-bond donors (Lipinski definition) is 1. The molecule has 166 valence electrons. The Morgan fingerprint density at radius 1 is 1.06 bits per heavy atom. The van der Waals surface area contributed by atoms with Crippen LogP contribution in [0, 0.1) is 19.7 Å². The van der Waals surface area contributed by atoms with Crippen molar-refractivity contribution >= 4 is 39.4 Å². The zero-order valence-electron chi connectivity index (χ0n) is 17.4. The highest BCUT2D eigenvalue weighted by Crippen LogP contribution is 2.26. The summed E-state index contributed by atoms with van der Waals surface area (Å²) in [5.74, 6) is -1.09. The molecule has 0 heterocycles. The number of anilines is 1. The van der Waals surface area contributed by atoms with Crippen LogP contribution >= 0.6 is 11.6 Å². The SMILES string of the molecule is Cc1ccc(N(CC(=O)N/N=C\c2cccc(F)c2)S(=O)(=O)c2ccc(Cl)cc2)cc1C. The molecule has 0 aliphatic carbocycles. The van der Waals surface area contributed by atoms with E-state index < -0.39 is 28.3 Å². The highest BCUT2D eigenvalue weighted by atomic mass is 35.5. The molecule has 1 N–H and O–H groups in total. The normalized spacial score (nSPS) is 11.5. The summed E-state index contributed by atoms with van der Waals surface area (Å²) in [5.41, 5.74) is 4.95. The number of amides is 1. The molecule has 6 nitrogen and oxygen atoms in total. The molecule has 0 saturated heterocycles. The van der Waals surface area contributed by atoms with Crippen molar-refractivity contribution in [2.75, 3.05) is 10.8 Å². The number of sulfonamides is 1. The number of aryl methyl sites for hydroxylation is 2. The zero-order chi connectivity index (χ0) is 23.3. The van der Waals surface area contributed by atoms with E-state index in [4.69, 9.17) is 11.6 Å². The Kier molecular flexibility index (Phi) is 7.27. The van der Waals surface area contributed by atoms with Crippen LogP contribution < -0.4 is 9.73 Å². The molecular formula is C23H21ClFN3O3S. The maximum absolute atomic E-state index is 13.3. The molecule has 3 aromatic rings. The zero-order valence-corrected chi connectivity index (χ0v) is 19.0. The lowest BCUT2D eigenvalue weighted by atomic mass is 10.1. The van der Waals surface area contributed by atoms with Gasteiger partial charge in [0.15, 0.2) is 0 Å². The lowest BCUT2D eigenvalue weighted by Gasteiger charge is -2.24. The van der Waals surface area contributed by atoms with E-state index in [2.05, 4.69) is 10.5 Å². The first kappa shape index (κ1) is 23.4. The first-order valence-electron chi connectivity index (χ1n) is 9.60. The van der Waals surface area contributed by atoms with Crippen LogP contribution in [0.25, 0.3) is 0 Å². The Hall–Kier alpha value is -3.23. The number of rotatable bonds is 7. The van der Waals surface area contributed by atoms with Crippen LogP contribution in [0.3, 0.4) is 0 Å². The Morgan fingerprint density at radius 2 is 1.78 bits per heavy atom. The minimum atomic E-state index is -4.07. The third kappa shape index (κ3) is 5.72. The number of benzene rings is 3. The van der Waals surface area contributed by atoms with Gasteiger partial charge in [0.25, 0.3) is 15.9 Å². The molecule has 32 heavy (non-hydrogen) atoms. The maximum atomic E-state index is 13.3. The number of hydrazone groups is 1. The molecule has 9 heteroatoms. The van der Waals surface area contributed by atoms with Gasteiger partial charge in [-0.2, -0.15) is 5.10 Å². The minimum Gasteiger partial charge on any atom is -0.271 e. The van der Waals surface area contributed by atoms with Gasteiger partial charge in [-0.25, -0.2) is 18.2 Å². The molecule has 1 amide bonds. The van der Waals surface area contributed by atoms with Crippen LogP contribution in [0.5, 0.6) is 0 Å². The van der Waals surface area contributed by atoms with Crippen molar-refractivity contribution in [3.8, 4) is 0 Å². The minimum absolute atomic E-state index is 0.00353. The van der Waals surface area contributed by atoms with Crippen molar-refractivity contribution in [1.82, 2.24) is 5.43 Å². The Labute approximate surface area is 191 Å². The fourth-order valence-corrected chi connectivity index (χ4v) is 4.40. The molecule has 0 bridgehead atoms. The molecule has 0 unspecified atom stereocenters. The number of halogens is 2. The lowest BCUT2D eigenvalue weighted by Crippen LogP contribution is -2.39. The van der Waals surface area contributed by atoms with E-state index in [1.807, 2.05) is 13.8 Å². The van der Waals surface area contributed by atoms with E-state index in [1.54, 1.807) is 24.3 Å². The molecule has 0 fully saturated rings. The van der Waals surface area contributed by atoms with Gasteiger partial charge in [-0.05, 0) is 79.1 Å². The lowest BCUT2D eigenvalue weighted by molar-refractivity contribution is -0.119. The summed E-state index contributed by atoms with van der Waals surface area (Å²) in [4.78, 5) is 12.5. The molecule has 0 aromatic heterocycles. The van der Waals surface area contributed by atoms with Crippen molar-refractivity contribution < 1.29 is 17.6 Å². The van der Waals surface area contributed by atoms with Gasteiger partial charge in [0.2, 0.25) is 0 Å². The second kappa shape index (κ2) is 9.93. The van der Waals surface area contributed by atoms with Crippen LogP contribution in [-0.4, -0.2) is 27.1 Å². The van der Waals surface area contributed by atoms with E-state index in [-0.39, 0.29) is 4.90 Å². The van der Waals surface area contributed by atoms with Crippen LogP contribution in [0.2, 0.25) is 5.02 Å². The largest absolute Gasteiger partial charge is 0.271 e. The smallest absolute Gasteiger partial charge is 0.264 e. The van der Waals surface area contributed by atoms with E-state index in [0.717, 1.165) is 15.4 Å². The van der Waals surface area contributed by atoms with Crippen LogP contribution in [-0.2, 0) is 14.8 Å². The quantitative estimate of drug-likeness (QED) is 0.407. The molecule has 0 atom stereocenters. The average Bonchev–Trinajstić information content (AvgIpc) is 2.74. The fourth-order valence-electron chi connectivity index (χ4n) is 2.86. The first-order valence-corrected chi connectivity index (χ1v) is 11.4. The predicted octanol–water partition coefficient (Wildman–Crippen LogP) is 4.44. The summed E-state index contributed by atoms with van der Waals surface area (Å²) in [6.07, 6.45) is 1.27.